The molecule has 0 aliphatic carbocycles. The lowest BCUT2D eigenvalue weighted by molar-refractivity contribution is 0.0223. The number of H-pyrrole nitrogens is 1. The number of aromatic nitrogens is 1. The van der Waals surface area contributed by atoms with Crippen molar-refractivity contribution in [2.45, 2.75) is 20.8 Å². The number of imide groups is 1. The van der Waals surface area contributed by atoms with E-state index >= 15 is 0 Å². The highest BCUT2D eigenvalue weighted by molar-refractivity contribution is 6.21. The summed E-state index contributed by atoms with van der Waals surface area (Å²) < 4.78 is 10.1. The highest BCUT2D eigenvalue weighted by atomic mass is 16.5. The molecular weight excluding hydrogens is 352 g/mol. The normalized spacial score (nSPS) is 12.9. The van der Waals surface area contributed by atoms with E-state index in [9.17, 15) is 19.2 Å². The van der Waals surface area contributed by atoms with Crippen LogP contribution in [0.5, 0.6) is 0 Å². The van der Waals surface area contributed by atoms with Gasteiger partial charge in [0.25, 0.3) is 11.8 Å². The molecule has 2 heterocycles. The lowest BCUT2D eigenvalue weighted by Crippen LogP contribution is -2.33. The number of hydrogen-bond donors (Lipinski definition) is 1. The molecule has 0 spiro atoms. The van der Waals surface area contributed by atoms with E-state index in [-0.39, 0.29) is 29.0 Å². The van der Waals surface area contributed by atoms with Crippen molar-refractivity contribution in [2.75, 3.05) is 13.3 Å². The minimum Gasteiger partial charge on any atom is -0.462 e. The molecule has 140 valence electrons. The number of rotatable bonds is 5. The van der Waals surface area contributed by atoms with Crippen LogP contribution in [0, 0.1) is 13.8 Å². The zero-order valence-electron chi connectivity index (χ0n) is 15.1. The van der Waals surface area contributed by atoms with Crippen molar-refractivity contribution in [3.8, 4) is 0 Å². The Bertz CT molecular complexity index is 924. The van der Waals surface area contributed by atoms with E-state index in [1.165, 1.54) is 0 Å². The Labute approximate surface area is 155 Å². The summed E-state index contributed by atoms with van der Waals surface area (Å²) in [4.78, 5) is 52.6. The average Bonchev–Trinajstić information content (AvgIpc) is 3.07. The van der Waals surface area contributed by atoms with E-state index in [0.29, 0.717) is 11.3 Å². The molecule has 27 heavy (non-hydrogen) atoms. The van der Waals surface area contributed by atoms with Crippen LogP contribution in [0.2, 0.25) is 0 Å². The largest absolute Gasteiger partial charge is 0.462 e. The van der Waals surface area contributed by atoms with Crippen LogP contribution in [-0.2, 0) is 9.47 Å². The van der Waals surface area contributed by atoms with Gasteiger partial charge in [0, 0.05) is 5.69 Å². The standard InChI is InChI=1S/C19H18N2O6/c1-4-26-18(24)14-10(2)15(20-11(14)3)19(25)27-9-21-16(22)12-7-5-6-8-13(12)17(21)23/h5-8,20H,4,9H2,1-3H3. The van der Waals surface area contributed by atoms with Gasteiger partial charge in [0.15, 0.2) is 6.73 Å². The summed E-state index contributed by atoms with van der Waals surface area (Å²) in [6.45, 7) is 4.61. The van der Waals surface area contributed by atoms with Crippen molar-refractivity contribution in [3.63, 3.8) is 0 Å². The number of ether oxygens (including phenoxy) is 2. The topological polar surface area (TPSA) is 106 Å². The van der Waals surface area contributed by atoms with Crippen LogP contribution >= 0.6 is 0 Å². The fourth-order valence-corrected chi connectivity index (χ4v) is 3.02. The Morgan fingerprint density at radius 3 is 2.15 bits per heavy atom. The molecule has 8 heteroatoms. The Balaban J connectivity index is 1.74. The van der Waals surface area contributed by atoms with Gasteiger partial charge in [-0.1, -0.05) is 12.1 Å². The van der Waals surface area contributed by atoms with Crippen molar-refractivity contribution in [3.05, 3.63) is 57.9 Å². The molecule has 0 saturated carbocycles. The van der Waals surface area contributed by atoms with E-state index in [1.54, 1.807) is 45.0 Å². The van der Waals surface area contributed by atoms with E-state index in [2.05, 4.69) is 4.98 Å². The highest BCUT2D eigenvalue weighted by Crippen LogP contribution is 2.23. The fraction of sp³-hybridized carbons (Fsp3) is 0.263. The number of carbonyl (C=O) groups excluding carboxylic acids is 4. The third kappa shape index (κ3) is 3.10. The number of benzene rings is 1. The van der Waals surface area contributed by atoms with Crippen LogP contribution in [0.1, 0.15) is 59.7 Å². The van der Waals surface area contributed by atoms with E-state index in [0.717, 1.165) is 4.90 Å². The Kier molecular flexibility index (Phi) is 4.81. The predicted octanol–water partition coefficient (Wildman–Crippen LogP) is 2.22. The summed E-state index contributed by atoms with van der Waals surface area (Å²) in [5, 5.41) is 0. The summed E-state index contributed by atoms with van der Waals surface area (Å²) in [5.74, 6) is -2.35. The molecule has 1 aromatic heterocycles. The zero-order valence-corrected chi connectivity index (χ0v) is 15.1. The van der Waals surface area contributed by atoms with Crippen LogP contribution in [0.3, 0.4) is 0 Å². The van der Waals surface area contributed by atoms with Crippen LogP contribution in [0.15, 0.2) is 24.3 Å². The van der Waals surface area contributed by atoms with Crippen molar-refractivity contribution >= 4 is 23.8 Å². The number of aromatic amines is 1. The van der Waals surface area contributed by atoms with Crippen LogP contribution < -0.4 is 0 Å². The average molecular weight is 370 g/mol. The highest BCUT2D eigenvalue weighted by Gasteiger charge is 2.36. The second-order valence-electron chi connectivity index (χ2n) is 5.99. The third-order valence-corrected chi connectivity index (χ3v) is 4.32. The van der Waals surface area contributed by atoms with Gasteiger partial charge < -0.3 is 14.5 Å². The Hall–Kier alpha value is -3.42. The molecule has 3 rings (SSSR count). The van der Waals surface area contributed by atoms with Crippen LogP contribution in [-0.4, -0.2) is 47.0 Å². The van der Waals surface area contributed by atoms with Crippen molar-refractivity contribution in [1.82, 2.24) is 9.88 Å². The van der Waals surface area contributed by atoms with Gasteiger partial charge in [0.05, 0.1) is 23.3 Å². The number of fused-ring (bicyclic) bond motifs is 1. The number of nitrogens with one attached hydrogen (secondary N) is 1. The summed E-state index contributed by atoms with van der Waals surface area (Å²) in [6, 6.07) is 6.39. The molecule has 1 aromatic carbocycles. The number of aryl methyl sites for hydroxylation is 1. The maximum absolute atomic E-state index is 12.4. The zero-order chi connectivity index (χ0) is 19.7. The lowest BCUT2D eigenvalue weighted by Gasteiger charge is -2.13. The molecule has 1 N–H and O–H groups in total. The number of amides is 2. The van der Waals surface area contributed by atoms with Gasteiger partial charge in [-0.15, -0.1) is 0 Å². The Morgan fingerprint density at radius 1 is 1.00 bits per heavy atom. The van der Waals surface area contributed by atoms with Gasteiger partial charge in [0.1, 0.15) is 5.69 Å². The quantitative estimate of drug-likeness (QED) is 0.639. The number of hydrogen-bond acceptors (Lipinski definition) is 6. The fourth-order valence-electron chi connectivity index (χ4n) is 3.02. The molecular formula is C19H18N2O6. The van der Waals surface area contributed by atoms with Crippen LogP contribution in [0.4, 0.5) is 0 Å². The summed E-state index contributed by atoms with van der Waals surface area (Å²) in [6.07, 6.45) is 0. The molecule has 0 bridgehead atoms. The minimum atomic E-state index is -0.775. The molecule has 0 saturated heterocycles. The Morgan fingerprint density at radius 2 is 1.59 bits per heavy atom. The predicted molar refractivity (Wildman–Crippen MR) is 93.4 cm³/mol. The monoisotopic (exact) mass is 370 g/mol. The second-order valence-corrected chi connectivity index (χ2v) is 5.99. The number of nitrogens with zero attached hydrogens (tertiary/aromatic N) is 1. The molecule has 1 aliphatic heterocycles. The molecule has 0 fully saturated rings. The van der Waals surface area contributed by atoms with Crippen molar-refractivity contribution < 1.29 is 28.7 Å². The minimum absolute atomic E-state index is 0.0761. The van der Waals surface area contributed by atoms with Gasteiger partial charge in [-0.25, -0.2) is 14.5 Å². The van der Waals surface area contributed by atoms with E-state index in [1.807, 2.05) is 0 Å². The summed E-state index contributed by atoms with van der Waals surface area (Å²) in [5.41, 5.74) is 1.75. The molecule has 0 atom stereocenters. The molecule has 2 aromatic rings. The summed E-state index contributed by atoms with van der Waals surface area (Å²) >= 11 is 0. The van der Waals surface area contributed by atoms with Gasteiger partial charge in [0.2, 0.25) is 0 Å². The molecule has 2 amide bonds. The first-order chi connectivity index (χ1) is 12.9. The number of carbonyl (C=O) groups is 4. The van der Waals surface area contributed by atoms with Gasteiger partial charge >= 0.3 is 11.9 Å². The van der Waals surface area contributed by atoms with Crippen LogP contribution in [0.25, 0.3) is 0 Å². The first-order valence-electron chi connectivity index (χ1n) is 8.35. The third-order valence-electron chi connectivity index (χ3n) is 4.32. The molecule has 8 nitrogen and oxygen atoms in total. The van der Waals surface area contributed by atoms with E-state index in [4.69, 9.17) is 9.47 Å². The van der Waals surface area contributed by atoms with Gasteiger partial charge in [-0.05, 0) is 38.5 Å². The van der Waals surface area contributed by atoms with Gasteiger partial charge in [-0.2, -0.15) is 0 Å². The molecule has 0 unspecified atom stereocenters. The number of esters is 2. The van der Waals surface area contributed by atoms with Gasteiger partial charge in [-0.3, -0.25) is 9.59 Å². The summed E-state index contributed by atoms with van der Waals surface area (Å²) in [7, 11) is 0. The molecule has 1 aliphatic rings. The second kappa shape index (κ2) is 7.06. The SMILES string of the molecule is CCOC(=O)c1c(C)[nH]c(C(=O)OCN2C(=O)c3ccccc3C2=O)c1C. The smallest absolute Gasteiger partial charge is 0.356 e. The first-order valence-corrected chi connectivity index (χ1v) is 8.35. The van der Waals surface area contributed by atoms with E-state index < -0.39 is 30.5 Å². The lowest BCUT2D eigenvalue weighted by atomic mass is 10.1. The maximum atomic E-state index is 12.4. The van der Waals surface area contributed by atoms with Crippen molar-refractivity contribution in [2.24, 2.45) is 0 Å². The molecule has 0 radical (unpaired) electrons. The van der Waals surface area contributed by atoms with Crippen molar-refractivity contribution in [1.29, 1.82) is 0 Å². The first kappa shape index (κ1) is 18.4. The maximum Gasteiger partial charge on any atom is 0.356 e.